The first-order valence-electron chi connectivity index (χ1n) is 4.86. The molecule has 0 amide bonds. The minimum absolute atomic E-state index is 0.0961. The van der Waals surface area contributed by atoms with Crippen LogP contribution in [-0.4, -0.2) is 11.7 Å². The third-order valence-corrected chi connectivity index (χ3v) is 2.11. The van der Waals surface area contributed by atoms with E-state index in [1.54, 1.807) is 6.92 Å². The predicted molar refractivity (Wildman–Crippen MR) is 62.6 cm³/mol. The molecule has 5 nitrogen and oxygen atoms in total. The second kappa shape index (κ2) is 5.39. The Morgan fingerprint density at radius 2 is 1.78 bits per heavy atom. The molecule has 0 unspecified atom stereocenters. The van der Waals surface area contributed by atoms with E-state index in [2.05, 4.69) is 15.6 Å². The van der Waals surface area contributed by atoms with E-state index >= 15 is 0 Å². The van der Waals surface area contributed by atoms with E-state index in [1.165, 1.54) is 12.1 Å². The highest BCUT2D eigenvalue weighted by molar-refractivity contribution is 5.99. The van der Waals surface area contributed by atoms with Crippen molar-refractivity contribution in [3.05, 3.63) is 35.4 Å². The molecule has 1 aromatic rings. The van der Waals surface area contributed by atoms with Crippen LogP contribution in [0.3, 0.4) is 0 Å². The summed E-state index contributed by atoms with van der Waals surface area (Å²) in [5, 5.41) is 6.93. The lowest BCUT2D eigenvalue weighted by molar-refractivity contribution is -0.137. The second-order valence-electron chi connectivity index (χ2n) is 3.40. The van der Waals surface area contributed by atoms with Gasteiger partial charge in [-0.15, -0.1) is 5.10 Å². The van der Waals surface area contributed by atoms with Crippen LogP contribution in [0, 0.1) is 0 Å². The van der Waals surface area contributed by atoms with E-state index in [0.29, 0.717) is 11.3 Å². The lowest BCUT2D eigenvalue weighted by Crippen LogP contribution is -2.29. The van der Waals surface area contributed by atoms with Gasteiger partial charge in [-0.1, -0.05) is 12.1 Å². The van der Waals surface area contributed by atoms with Crippen LogP contribution in [0.2, 0.25) is 0 Å². The van der Waals surface area contributed by atoms with Gasteiger partial charge in [0.2, 0.25) is 5.96 Å². The standard InChI is InChI=1S/C10H12F3N5/c1-6(17-18-9(14)16-15)7-2-4-8(5-3-7)10(11,12)13/h2-5H,15H2,1H3,(H3,14,16,18)/b17-6+. The summed E-state index contributed by atoms with van der Waals surface area (Å²) in [5.74, 6) is 4.77. The molecule has 5 N–H and O–H groups in total. The molecule has 0 heterocycles. The van der Waals surface area contributed by atoms with Gasteiger partial charge in [0.05, 0.1) is 11.3 Å². The Morgan fingerprint density at radius 3 is 2.22 bits per heavy atom. The summed E-state index contributed by atoms with van der Waals surface area (Å²) in [5.41, 5.74) is 7.85. The summed E-state index contributed by atoms with van der Waals surface area (Å²) in [6.45, 7) is 1.61. The number of halogens is 3. The van der Waals surface area contributed by atoms with E-state index in [0.717, 1.165) is 12.1 Å². The van der Waals surface area contributed by atoms with Crippen molar-refractivity contribution in [1.82, 2.24) is 5.43 Å². The van der Waals surface area contributed by atoms with Gasteiger partial charge in [-0.3, -0.25) is 0 Å². The summed E-state index contributed by atoms with van der Waals surface area (Å²) < 4.78 is 37.0. The van der Waals surface area contributed by atoms with Gasteiger partial charge < -0.3 is 11.6 Å². The van der Waals surface area contributed by atoms with Crippen molar-refractivity contribution >= 4 is 11.7 Å². The van der Waals surface area contributed by atoms with Crippen molar-refractivity contribution < 1.29 is 13.2 Å². The number of nitrogens with one attached hydrogen (secondary N) is 1. The molecule has 0 radical (unpaired) electrons. The third-order valence-electron chi connectivity index (χ3n) is 2.11. The Morgan fingerprint density at radius 1 is 1.22 bits per heavy atom. The lowest BCUT2D eigenvalue weighted by Gasteiger charge is -2.07. The molecular weight excluding hydrogens is 247 g/mol. The van der Waals surface area contributed by atoms with Gasteiger partial charge in [-0.25, -0.2) is 5.43 Å². The average molecular weight is 259 g/mol. The van der Waals surface area contributed by atoms with Crippen molar-refractivity contribution in [2.75, 3.05) is 0 Å². The van der Waals surface area contributed by atoms with Crippen LogP contribution in [0.25, 0.3) is 0 Å². The maximum absolute atomic E-state index is 12.3. The number of alkyl halides is 3. The molecule has 1 aromatic carbocycles. The molecular formula is C10H12F3N5. The molecule has 1 rings (SSSR count). The fraction of sp³-hybridized carbons (Fsp3) is 0.200. The number of hydrogen-bond donors (Lipinski definition) is 3. The highest BCUT2D eigenvalue weighted by Crippen LogP contribution is 2.29. The zero-order chi connectivity index (χ0) is 13.8. The molecule has 98 valence electrons. The Bertz CT molecular complexity index is 461. The highest BCUT2D eigenvalue weighted by Gasteiger charge is 2.29. The monoisotopic (exact) mass is 259 g/mol. The van der Waals surface area contributed by atoms with Crippen molar-refractivity contribution in [3.63, 3.8) is 0 Å². The number of benzene rings is 1. The molecule has 8 heteroatoms. The van der Waals surface area contributed by atoms with Crippen molar-refractivity contribution in [3.8, 4) is 0 Å². The van der Waals surface area contributed by atoms with Crippen LogP contribution >= 0.6 is 0 Å². The molecule has 0 bridgehead atoms. The van der Waals surface area contributed by atoms with Crippen molar-refractivity contribution in [2.24, 2.45) is 21.8 Å². The summed E-state index contributed by atoms with van der Waals surface area (Å²) in [6, 6.07) is 4.60. The number of hydrazone groups is 2. The first kappa shape index (κ1) is 13.8. The largest absolute Gasteiger partial charge is 0.416 e. The van der Waals surface area contributed by atoms with E-state index in [4.69, 9.17) is 11.6 Å². The SMILES string of the molecule is C/C(=N\NC(N)=NN)c1ccc(C(F)(F)F)cc1. The van der Waals surface area contributed by atoms with Crippen LogP contribution in [-0.2, 0) is 6.18 Å². The Labute approximate surface area is 101 Å². The number of hydrogen-bond acceptors (Lipinski definition) is 3. The summed E-state index contributed by atoms with van der Waals surface area (Å²) >= 11 is 0. The quantitative estimate of drug-likeness (QED) is 0.323. The minimum atomic E-state index is -4.35. The van der Waals surface area contributed by atoms with Gasteiger partial charge in [0.25, 0.3) is 0 Å². The van der Waals surface area contributed by atoms with E-state index < -0.39 is 11.7 Å². The maximum atomic E-state index is 12.3. The molecule has 18 heavy (non-hydrogen) atoms. The molecule has 0 fully saturated rings. The molecule has 0 saturated carbocycles. The molecule has 0 aliphatic rings. The predicted octanol–water partition coefficient (Wildman–Crippen LogP) is 1.21. The Balaban J connectivity index is 2.85. The fourth-order valence-electron chi connectivity index (χ4n) is 1.13. The van der Waals surface area contributed by atoms with Crippen molar-refractivity contribution in [1.29, 1.82) is 0 Å². The van der Waals surface area contributed by atoms with Crippen LogP contribution in [0.1, 0.15) is 18.1 Å². The number of nitrogens with zero attached hydrogens (tertiary/aromatic N) is 2. The van der Waals surface area contributed by atoms with Gasteiger partial charge in [-0.05, 0) is 24.6 Å². The second-order valence-corrected chi connectivity index (χ2v) is 3.40. The van der Waals surface area contributed by atoms with Crippen LogP contribution in [0.5, 0.6) is 0 Å². The lowest BCUT2D eigenvalue weighted by atomic mass is 10.1. The molecule has 0 aliphatic heterocycles. The van der Waals surface area contributed by atoms with E-state index in [1.807, 2.05) is 0 Å². The van der Waals surface area contributed by atoms with Crippen LogP contribution in [0.15, 0.2) is 34.5 Å². The van der Waals surface area contributed by atoms with E-state index in [-0.39, 0.29) is 5.96 Å². The van der Waals surface area contributed by atoms with E-state index in [9.17, 15) is 13.2 Å². The minimum Gasteiger partial charge on any atom is -0.367 e. The highest BCUT2D eigenvalue weighted by atomic mass is 19.4. The first-order valence-corrected chi connectivity index (χ1v) is 4.86. The number of guanidine groups is 1. The van der Waals surface area contributed by atoms with Gasteiger partial charge in [0.1, 0.15) is 0 Å². The average Bonchev–Trinajstić information content (AvgIpc) is 2.34. The number of nitrogens with two attached hydrogens (primary N) is 2. The van der Waals surface area contributed by atoms with Crippen LogP contribution < -0.4 is 17.0 Å². The Kier molecular flexibility index (Phi) is 4.13. The third kappa shape index (κ3) is 3.65. The van der Waals surface area contributed by atoms with Crippen molar-refractivity contribution in [2.45, 2.75) is 13.1 Å². The van der Waals surface area contributed by atoms with Crippen LogP contribution in [0.4, 0.5) is 13.2 Å². The summed E-state index contributed by atoms with van der Waals surface area (Å²) in [6.07, 6.45) is -4.35. The fourth-order valence-corrected chi connectivity index (χ4v) is 1.13. The summed E-state index contributed by atoms with van der Waals surface area (Å²) in [4.78, 5) is 0. The zero-order valence-corrected chi connectivity index (χ0v) is 9.49. The van der Waals surface area contributed by atoms with Gasteiger partial charge >= 0.3 is 6.18 Å². The first-order chi connectivity index (χ1) is 8.34. The summed E-state index contributed by atoms with van der Waals surface area (Å²) in [7, 11) is 0. The zero-order valence-electron chi connectivity index (χ0n) is 9.49. The normalized spacial score (nSPS) is 13.6. The topological polar surface area (TPSA) is 88.8 Å². The molecule has 0 atom stereocenters. The maximum Gasteiger partial charge on any atom is 0.416 e. The Hall–Kier alpha value is -2.25. The molecule has 0 spiro atoms. The molecule has 0 saturated heterocycles. The van der Waals surface area contributed by atoms with Gasteiger partial charge in [0, 0.05) is 0 Å². The molecule has 0 aromatic heterocycles. The van der Waals surface area contributed by atoms with Gasteiger partial charge in [0.15, 0.2) is 0 Å². The molecule has 0 aliphatic carbocycles. The van der Waals surface area contributed by atoms with Gasteiger partial charge in [-0.2, -0.15) is 18.3 Å². The number of rotatable bonds is 2. The smallest absolute Gasteiger partial charge is 0.367 e.